The monoisotopic (exact) mass is 444 g/mol. The molecule has 0 fully saturated rings. The Morgan fingerprint density at radius 2 is 1.56 bits per heavy atom. The zero-order chi connectivity index (χ0) is 23.7. The number of nitrogens with one attached hydrogen (secondary N) is 1. The number of carbonyl (C=O) groups excluding carboxylic acids is 3. The predicted molar refractivity (Wildman–Crippen MR) is 113 cm³/mol. The van der Waals surface area contributed by atoms with E-state index in [1.807, 2.05) is 0 Å². The number of ether oxygens (including phenoxy) is 3. The molecule has 0 aliphatic carbocycles. The molecular weight excluding hydrogens is 420 g/mol. The predicted octanol–water partition coefficient (Wildman–Crippen LogP) is 2.29. The Bertz CT molecular complexity index is 946. The van der Waals surface area contributed by atoms with Gasteiger partial charge in [0.2, 0.25) is 0 Å². The number of benzene rings is 2. The molecule has 0 saturated heterocycles. The topological polar surface area (TPSA) is 134 Å². The Morgan fingerprint density at radius 3 is 2.06 bits per heavy atom. The highest BCUT2D eigenvalue weighted by atomic mass is 16.6. The van der Waals surface area contributed by atoms with E-state index in [-0.39, 0.29) is 12.1 Å². The normalized spacial score (nSPS) is 13.3. The molecule has 170 valence electrons. The Kier molecular flexibility index (Phi) is 8.84. The van der Waals surface area contributed by atoms with Gasteiger partial charge in [0.1, 0.15) is 6.04 Å². The van der Waals surface area contributed by atoms with E-state index in [2.05, 4.69) is 5.32 Å². The van der Waals surface area contributed by atoms with E-state index in [1.54, 1.807) is 30.3 Å². The minimum atomic E-state index is -1.28. The van der Waals surface area contributed by atoms with Gasteiger partial charge < -0.3 is 19.5 Å². The molecule has 10 nitrogen and oxygen atoms in total. The average Bonchev–Trinajstić information content (AvgIpc) is 2.81. The molecule has 0 aromatic heterocycles. The third-order valence-corrected chi connectivity index (χ3v) is 4.88. The molecular formula is C22H24N2O8. The van der Waals surface area contributed by atoms with Gasteiger partial charge in [0.05, 0.1) is 25.6 Å². The van der Waals surface area contributed by atoms with Gasteiger partial charge in [-0.2, -0.15) is 0 Å². The van der Waals surface area contributed by atoms with Crippen LogP contribution in [0.15, 0.2) is 54.6 Å². The molecule has 0 heterocycles. The molecule has 0 unspecified atom stereocenters. The van der Waals surface area contributed by atoms with Crippen molar-refractivity contribution in [2.75, 3.05) is 21.3 Å². The summed E-state index contributed by atoms with van der Waals surface area (Å²) in [6.07, 6.45) is -1.30. The van der Waals surface area contributed by atoms with Crippen molar-refractivity contribution in [3.8, 4) is 0 Å². The second-order valence-corrected chi connectivity index (χ2v) is 6.77. The first-order chi connectivity index (χ1) is 15.3. The van der Waals surface area contributed by atoms with Crippen LogP contribution in [0.2, 0.25) is 0 Å². The van der Waals surface area contributed by atoms with Crippen molar-refractivity contribution in [2.24, 2.45) is 0 Å². The van der Waals surface area contributed by atoms with Crippen molar-refractivity contribution < 1.29 is 33.5 Å². The number of esters is 2. The van der Waals surface area contributed by atoms with Gasteiger partial charge in [-0.05, 0) is 11.1 Å². The first-order valence-corrected chi connectivity index (χ1v) is 9.59. The van der Waals surface area contributed by atoms with Crippen LogP contribution in [0.3, 0.4) is 0 Å². The first kappa shape index (κ1) is 24.5. The number of non-ortho nitro benzene ring substituents is 1. The van der Waals surface area contributed by atoms with E-state index in [4.69, 9.17) is 14.2 Å². The van der Waals surface area contributed by atoms with Gasteiger partial charge in [-0.25, -0.2) is 4.79 Å². The summed E-state index contributed by atoms with van der Waals surface area (Å²) < 4.78 is 14.9. The fourth-order valence-corrected chi connectivity index (χ4v) is 3.24. The summed E-state index contributed by atoms with van der Waals surface area (Å²) in [5, 5.41) is 13.6. The molecule has 1 amide bonds. The summed E-state index contributed by atoms with van der Waals surface area (Å²) in [4.78, 5) is 48.1. The minimum absolute atomic E-state index is 0.159. The molecule has 2 rings (SSSR count). The average molecular weight is 444 g/mol. The van der Waals surface area contributed by atoms with Gasteiger partial charge in [-0.1, -0.05) is 42.5 Å². The van der Waals surface area contributed by atoms with Crippen LogP contribution in [0, 0.1) is 10.1 Å². The molecule has 0 saturated carbocycles. The molecule has 0 bridgehead atoms. The van der Waals surface area contributed by atoms with Crippen LogP contribution in [0.1, 0.15) is 29.6 Å². The maximum atomic E-state index is 13.0. The summed E-state index contributed by atoms with van der Waals surface area (Å²) in [5.41, 5.74) is 0.814. The van der Waals surface area contributed by atoms with Crippen molar-refractivity contribution in [3.63, 3.8) is 0 Å². The van der Waals surface area contributed by atoms with E-state index in [1.165, 1.54) is 38.5 Å². The van der Waals surface area contributed by atoms with Crippen LogP contribution in [0.5, 0.6) is 0 Å². The molecule has 32 heavy (non-hydrogen) atoms. The lowest BCUT2D eigenvalue weighted by Crippen LogP contribution is -2.48. The lowest BCUT2D eigenvalue weighted by atomic mass is 9.88. The van der Waals surface area contributed by atoms with Gasteiger partial charge in [0.25, 0.3) is 11.6 Å². The SMILES string of the molecule is COC(=O)C[C@@H](c1ccc([N+](=O)[O-])cc1)[C@@H](NC(=O)[C@@H](OC)c1ccccc1)C(=O)OC. The van der Waals surface area contributed by atoms with E-state index in [0.717, 1.165) is 7.11 Å². The highest BCUT2D eigenvalue weighted by Crippen LogP contribution is 2.28. The lowest BCUT2D eigenvalue weighted by molar-refractivity contribution is -0.384. The van der Waals surface area contributed by atoms with E-state index >= 15 is 0 Å². The summed E-state index contributed by atoms with van der Waals surface area (Å²) in [7, 11) is 3.70. The maximum Gasteiger partial charge on any atom is 0.329 e. The molecule has 10 heteroatoms. The third kappa shape index (κ3) is 6.11. The van der Waals surface area contributed by atoms with Crippen molar-refractivity contribution in [1.82, 2.24) is 5.32 Å². The molecule has 1 N–H and O–H groups in total. The number of nitrogens with zero attached hydrogens (tertiary/aromatic N) is 1. The summed E-state index contributed by atoms with van der Waals surface area (Å²) >= 11 is 0. The Balaban J connectivity index is 2.41. The molecule has 2 aromatic carbocycles. The van der Waals surface area contributed by atoms with Crippen molar-refractivity contribution >= 4 is 23.5 Å². The van der Waals surface area contributed by atoms with Gasteiger partial charge in [0, 0.05) is 25.2 Å². The summed E-state index contributed by atoms with van der Waals surface area (Å²) in [6.45, 7) is 0. The second kappa shape index (κ2) is 11.6. The van der Waals surface area contributed by atoms with Crippen molar-refractivity contribution in [1.29, 1.82) is 0 Å². The van der Waals surface area contributed by atoms with Crippen LogP contribution in [-0.2, 0) is 28.6 Å². The van der Waals surface area contributed by atoms with E-state index < -0.39 is 40.8 Å². The smallest absolute Gasteiger partial charge is 0.329 e. The van der Waals surface area contributed by atoms with Gasteiger partial charge >= 0.3 is 11.9 Å². The zero-order valence-electron chi connectivity index (χ0n) is 17.8. The zero-order valence-corrected chi connectivity index (χ0v) is 17.8. The van der Waals surface area contributed by atoms with Crippen LogP contribution in [0.4, 0.5) is 5.69 Å². The Hall–Kier alpha value is -3.79. The highest BCUT2D eigenvalue weighted by Gasteiger charge is 2.36. The van der Waals surface area contributed by atoms with Gasteiger partial charge in [-0.3, -0.25) is 19.7 Å². The Morgan fingerprint density at radius 1 is 0.938 bits per heavy atom. The maximum absolute atomic E-state index is 13.0. The molecule has 0 aliphatic heterocycles. The van der Waals surface area contributed by atoms with Crippen LogP contribution < -0.4 is 5.32 Å². The van der Waals surface area contributed by atoms with E-state index in [9.17, 15) is 24.5 Å². The fraction of sp³-hybridized carbons (Fsp3) is 0.318. The second-order valence-electron chi connectivity index (χ2n) is 6.77. The van der Waals surface area contributed by atoms with Crippen molar-refractivity contribution in [3.05, 3.63) is 75.8 Å². The minimum Gasteiger partial charge on any atom is -0.469 e. The van der Waals surface area contributed by atoms with Gasteiger partial charge in [-0.15, -0.1) is 0 Å². The number of hydrogen-bond acceptors (Lipinski definition) is 8. The van der Waals surface area contributed by atoms with Crippen LogP contribution in [-0.4, -0.2) is 50.1 Å². The molecule has 2 aromatic rings. The fourth-order valence-electron chi connectivity index (χ4n) is 3.24. The first-order valence-electron chi connectivity index (χ1n) is 9.59. The quantitative estimate of drug-likeness (QED) is 0.335. The van der Waals surface area contributed by atoms with E-state index in [0.29, 0.717) is 11.1 Å². The lowest BCUT2D eigenvalue weighted by Gasteiger charge is -2.27. The van der Waals surface area contributed by atoms with Crippen LogP contribution in [0.25, 0.3) is 0 Å². The summed E-state index contributed by atoms with van der Waals surface area (Å²) in [6, 6.07) is 12.7. The molecule has 0 aliphatic rings. The third-order valence-electron chi connectivity index (χ3n) is 4.88. The van der Waals surface area contributed by atoms with Gasteiger partial charge in [0.15, 0.2) is 6.10 Å². The number of carbonyl (C=O) groups is 3. The number of methoxy groups -OCH3 is 3. The number of hydrogen-bond donors (Lipinski definition) is 1. The standard InChI is InChI=1S/C22H24N2O8/c1-30-18(25)13-17(14-9-11-16(12-10-14)24(28)29)19(22(27)32-3)23-21(26)20(31-2)15-7-5-4-6-8-15/h4-12,17,19-20H,13H2,1-3H3,(H,23,26)/t17-,19+,20-/m0/s1. The number of nitro groups is 1. The molecule has 0 spiro atoms. The highest BCUT2D eigenvalue weighted by molar-refractivity contribution is 5.89. The molecule has 0 radical (unpaired) electrons. The number of amides is 1. The number of rotatable bonds is 10. The van der Waals surface area contributed by atoms with Crippen molar-refractivity contribution in [2.45, 2.75) is 24.5 Å². The largest absolute Gasteiger partial charge is 0.469 e. The Labute approximate surface area is 184 Å². The number of nitro benzene ring substituents is 1. The summed E-state index contributed by atoms with van der Waals surface area (Å²) in [5.74, 6) is -2.96. The molecule has 3 atom stereocenters. The van der Waals surface area contributed by atoms with Crippen LogP contribution >= 0.6 is 0 Å².